The number of amides is 1. The van der Waals surface area contributed by atoms with Crippen molar-refractivity contribution in [2.75, 3.05) is 13.2 Å². The van der Waals surface area contributed by atoms with Gasteiger partial charge in [0.05, 0.1) is 12.6 Å². The Balaban J connectivity index is 1.87. The maximum atomic E-state index is 11.8. The van der Waals surface area contributed by atoms with Crippen LogP contribution in [0.15, 0.2) is 30.3 Å². The molecule has 1 aromatic carbocycles. The SMILES string of the molecule is CC(C)(C)OC(=O)NCC1CCCC1N[C@H](CO)c1ccccc1. The lowest BCUT2D eigenvalue weighted by atomic mass is 10.0. The summed E-state index contributed by atoms with van der Waals surface area (Å²) in [6.45, 7) is 6.24. The van der Waals surface area contributed by atoms with Crippen molar-refractivity contribution in [2.45, 2.75) is 57.7 Å². The van der Waals surface area contributed by atoms with Gasteiger partial charge in [-0.2, -0.15) is 0 Å². The van der Waals surface area contributed by atoms with Crippen molar-refractivity contribution < 1.29 is 14.6 Å². The third kappa shape index (κ3) is 5.80. The number of rotatable bonds is 6. The Morgan fingerprint density at radius 2 is 2.00 bits per heavy atom. The van der Waals surface area contributed by atoms with Crippen LogP contribution in [0.3, 0.4) is 0 Å². The van der Waals surface area contributed by atoms with Crippen LogP contribution >= 0.6 is 0 Å². The molecule has 1 aliphatic rings. The Kier molecular flexibility index (Phi) is 6.63. The maximum absolute atomic E-state index is 11.8. The smallest absolute Gasteiger partial charge is 0.407 e. The molecule has 0 heterocycles. The standard InChI is InChI=1S/C19H30N2O3/c1-19(2,3)24-18(23)20-12-15-10-7-11-16(15)21-17(13-22)14-8-5-4-6-9-14/h4-6,8-9,15-17,21-22H,7,10-13H2,1-3H3,(H,20,23)/t15?,16?,17-/m1/s1. The molecule has 1 saturated carbocycles. The number of aliphatic hydroxyl groups is 1. The largest absolute Gasteiger partial charge is 0.444 e. The Labute approximate surface area is 144 Å². The van der Waals surface area contributed by atoms with Crippen LogP contribution in [0.25, 0.3) is 0 Å². The topological polar surface area (TPSA) is 70.6 Å². The van der Waals surface area contributed by atoms with E-state index in [2.05, 4.69) is 10.6 Å². The molecule has 1 amide bonds. The van der Waals surface area contributed by atoms with Crippen molar-refractivity contribution in [1.29, 1.82) is 0 Å². The summed E-state index contributed by atoms with van der Waals surface area (Å²) in [4.78, 5) is 11.8. The first-order chi connectivity index (χ1) is 11.4. The van der Waals surface area contributed by atoms with Gasteiger partial charge in [0.1, 0.15) is 5.60 Å². The van der Waals surface area contributed by atoms with E-state index in [9.17, 15) is 9.90 Å². The molecule has 1 aromatic rings. The number of aliphatic hydroxyl groups excluding tert-OH is 1. The molecule has 0 bridgehead atoms. The van der Waals surface area contributed by atoms with Crippen molar-refractivity contribution in [3.8, 4) is 0 Å². The van der Waals surface area contributed by atoms with Gasteiger partial charge in [0.2, 0.25) is 0 Å². The molecular formula is C19H30N2O3. The molecule has 5 heteroatoms. The van der Waals surface area contributed by atoms with E-state index in [4.69, 9.17) is 4.74 Å². The van der Waals surface area contributed by atoms with Gasteiger partial charge in [-0.3, -0.25) is 0 Å². The molecule has 0 aliphatic heterocycles. The number of hydrogen-bond donors (Lipinski definition) is 3. The van der Waals surface area contributed by atoms with Crippen LogP contribution in [0.2, 0.25) is 0 Å². The second-order valence-electron chi connectivity index (χ2n) is 7.49. The first-order valence-corrected chi connectivity index (χ1v) is 8.78. The highest BCUT2D eigenvalue weighted by Gasteiger charge is 2.30. The van der Waals surface area contributed by atoms with Crippen LogP contribution in [0, 0.1) is 5.92 Å². The van der Waals surface area contributed by atoms with Gasteiger partial charge >= 0.3 is 6.09 Å². The van der Waals surface area contributed by atoms with E-state index in [1.54, 1.807) is 0 Å². The Hall–Kier alpha value is -1.59. The molecule has 0 spiro atoms. The highest BCUT2D eigenvalue weighted by molar-refractivity contribution is 5.67. The highest BCUT2D eigenvalue weighted by atomic mass is 16.6. The number of carbonyl (C=O) groups excluding carboxylic acids is 1. The van der Waals surface area contributed by atoms with Crippen molar-refractivity contribution >= 4 is 6.09 Å². The predicted octanol–water partition coefficient (Wildman–Crippen LogP) is 3.00. The molecule has 1 fully saturated rings. The summed E-state index contributed by atoms with van der Waals surface area (Å²) in [5.41, 5.74) is 0.609. The lowest BCUT2D eigenvalue weighted by Crippen LogP contribution is -2.42. The van der Waals surface area contributed by atoms with E-state index < -0.39 is 5.60 Å². The Morgan fingerprint density at radius 3 is 2.62 bits per heavy atom. The van der Waals surface area contributed by atoms with E-state index >= 15 is 0 Å². The number of carbonyl (C=O) groups is 1. The van der Waals surface area contributed by atoms with Crippen molar-refractivity contribution in [3.63, 3.8) is 0 Å². The zero-order valence-corrected chi connectivity index (χ0v) is 14.9. The average molecular weight is 334 g/mol. The van der Waals surface area contributed by atoms with Crippen molar-refractivity contribution in [3.05, 3.63) is 35.9 Å². The van der Waals surface area contributed by atoms with Crippen LogP contribution < -0.4 is 10.6 Å². The first-order valence-electron chi connectivity index (χ1n) is 8.78. The molecular weight excluding hydrogens is 304 g/mol. The molecule has 2 rings (SSSR count). The molecule has 0 radical (unpaired) electrons. The number of nitrogens with one attached hydrogen (secondary N) is 2. The van der Waals surface area contributed by atoms with Crippen molar-refractivity contribution in [1.82, 2.24) is 10.6 Å². The monoisotopic (exact) mass is 334 g/mol. The second kappa shape index (κ2) is 8.49. The van der Waals surface area contributed by atoms with Gasteiger partial charge in [0.15, 0.2) is 0 Å². The molecule has 3 N–H and O–H groups in total. The van der Waals surface area contributed by atoms with Crippen LogP contribution in [0.1, 0.15) is 51.6 Å². The third-order valence-corrected chi connectivity index (χ3v) is 4.37. The lowest BCUT2D eigenvalue weighted by Gasteiger charge is -2.27. The Morgan fingerprint density at radius 1 is 1.29 bits per heavy atom. The normalized spacial score (nSPS) is 22.2. The minimum Gasteiger partial charge on any atom is -0.444 e. The minimum absolute atomic E-state index is 0.0622. The van der Waals surface area contributed by atoms with E-state index in [0.717, 1.165) is 24.8 Å². The van der Waals surface area contributed by atoms with Gasteiger partial charge in [-0.1, -0.05) is 36.8 Å². The quantitative estimate of drug-likeness (QED) is 0.748. The molecule has 0 aromatic heterocycles. The number of benzene rings is 1. The third-order valence-electron chi connectivity index (χ3n) is 4.37. The fraction of sp³-hybridized carbons (Fsp3) is 0.632. The molecule has 24 heavy (non-hydrogen) atoms. The van der Waals surface area contributed by atoms with Crippen molar-refractivity contribution in [2.24, 2.45) is 5.92 Å². The van der Waals surface area contributed by atoms with Crippen LogP contribution in [-0.4, -0.2) is 36.0 Å². The zero-order valence-electron chi connectivity index (χ0n) is 14.9. The van der Waals surface area contributed by atoms with Gasteiger partial charge in [-0.25, -0.2) is 4.79 Å². The predicted molar refractivity (Wildman–Crippen MR) is 94.8 cm³/mol. The fourth-order valence-corrected chi connectivity index (χ4v) is 3.23. The summed E-state index contributed by atoms with van der Waals surface area (Å²) in [5, 5.41) is 16.2. The molecule has 1 aliphatic carbocycles. The molecule has 134 valence electrons. The maximum Gasteiger partial charge on any atom is 0.407 e. The molecule has 5 nitrogen and oxygen atoms in total. The van der Waals surface area contributed by atoms with E-state index in [-0.39, 0.29) is 24.8 Å². The summed E-state index contributed by atoms with van der Waals surface area (Å²) < 4.78 is 5.29. The Bertz CT molecular complexity index is 513. The summed E-state index contributed by atoms with van der Waals surface area (Å²) in [6.07, 6.45) is 2.89. The first kappa shape index (κ1) is 18.7. The highest BCUT2D eigenvalue weighted by Crippen LogP contribution is 2.27. The molecule has 3 atom stereocenters. The van der Waals surface area contributed by atoms with Gasteiger partial charge in [0.25, 0.3) is 0 Å². The summed E-state index contributed by atoms with van der Waals surface area (Å²) in [7, 11) is 0. The number of alkyl carbamates (subject to hydrolysis) is 1. The van der Waals surface area contributed by atoms with Gasteiger partial charge in [-0.05, 0) is 45.1 Å². The van der Waals surface area contributed by atoms with E-state index in [1.165, 1.54) is 0 Å². The summed E-state index contributed by atoms with van der Waals surface area (Å²) in [5.74, 6) is 0.357. The second-order valence-corrected chi connectivity index (χ2v) is 7.49. The van der Waals surface area contributed by atoms with E-state index in [1.807, 2.05) is 51.1 Å². The van der Waals surface area contributed by atoms with E-state index in [0.29, 0.717) is 12.5 Å². The average Bonchev–Trinajstić information content (AvgIpc) is 2.97. The van der Waals surface area contributed by atoms with Gasteiger partial charge in [-0.15, -0.1) is 0 Å². The van der Waals surface area contributed by atoms with Crippen LogP contribution in [0.4, 0.5) is 4.79 Å². The van der Waals surface area contributed by atoms with Crippen LogP contribution in [0.5, 0.6) is 0 Å². The minimum atomic E-state index is -0.479. The van der Waals surface area contributed by atoms with Crippen LogP contribution in [-0.2, 0) is 4.74 Å². The number of hydrogen-bond acceptors (Lipinski definition) is 4. The zero-order chi connectivity index (χ0) is 17.6. The summed E-state index contributed by atoms with van der Waals surface area (Å²) >= 11 is 0. The fourth-order valence-electron chi connectivity index (χ4n) is 3.23. The molecule has 0 saturated heterocycles. The number of ether oxygens (including phenoxy) is 1. The lowest BCUT2D eigenvalue weighted by molar-refractivity contribution is 0.0516. The molecule has 2 unspecified atom stereocenters. The van der Waals surface area contributed by atoms with Gasteiger partial charge in [0, 0.05) is 12.6 Å². The summed E-state index contributed by atoms with van der Waals surface area (Å²) in [6, 6.07) is 10.2. The van der Waals surface area contributed by atoms with Gasteiger partial charge < -0.3 is 20.5 Å².